The first-order valence-corrected chi connectivity index (χ1v) is 4.15. The van der Waals surface area contributed by atoms with Gasteiger partial charge in [0.05, 0.1) is 14.2 Å². The molecule has 0 saturated carbocycles. The molecule has 78 valence electrons. The summed E-state index contributed by atoms with van der Waals surface area (Å²) in [7, 11) is 3.03. The fraction of sp³-hybridized carbons (Fsp3) is 0.250. The van der Waals surface area contributed by atoms with Gasteiger partial charge in [-0.2, -0.15) is 5.10 Å². The van der Waals surface area contributed by atoms with Crippen molar-refractivity contribution in [3.8, 4) is 23.1 Å². The lowest BCUT2D eigenvalue weighted by molar-refractivity contribution is 0.374. The highest BCUT2D eigenvalue weighted by molar-refractivity contribution is 5.66. The lowest BCUT2D eigenvalue weighted by Gasteiger charge is -2.07. The Hall–Kier alpha value is -2.18. The van der Waals surface area contributed by atoms with Crippen LogP contribution in [0.1, 0.15) is 0 Å². The molecular formula is C8H9N5O2. The van der Waals surface area contributed by atoms with Crippen LogP contribution < -0.4 is 9.47 Å². The van der Waals surface area contributed by atoms with E-state index in [2.05, 4.69) is 25.1 Å². The van der Waals surface area contributed by atoms with Crippen LogP contribution in [0.15, 0.2) is 12.7 Å². The summed E-state index contributed by atoms with van der Waals surface area (Å²) in [5, 5.41) is 6.45. The molecule has 1 N–H and O–H groups in total. The Morgan fingerprint density at radius 3 is 2.13 bits per heavy atom. The topological polar surface area (TPSA) is 85.8 Å². The minimum Gasteiger partial charge on any atom is -0.480 e. The molecule has 0 atom stereocenters. The first-order valence-electron chi connectivity index (χ1n) is 4.15. The summed E-state index contributed by atoms with van der Waals surface area (Å²) in [6, 6.07) is 0. The summed E-state index contributed by atoms with van der Waals surface area (Å²) in [5.41, 5.74) is 0.556. The van der Waals surface area contributed by atoms with Gasteiger partial charge in [-0.25, -0.2) is 15.0 Å². The quantitative estimate of drug-likeness (QED) is 0.777. The maximum Gasteiger partial charge on any atom is 0.231 e. The molecule has 15 heavy (non-hydrogen) atoms. The zero-order valence-corrected chi connectivity index (χ0v) is 8.26. The number of H-pyrrole nitrogens is 1. The average Bonchev–Trinajstić information content (AvgIpc) is 2.81. The number of methoxy groups -OCH3 is 2. The second-order valence-electron chi connectivity index (χ2n) is 2.60. The Morgan fingerprint density at radius 1 is 1.00 bits per heavy atom. The van der Waals surface area contributed by atoms with Crippen molar-refractivity contribution in [2.45, 2.75) is 0 Å². The van der Waals surface area contributed by atoms with Crippen molar-refractivity contribution in [2.75, 3.05) is 14.2 Å². The SMILES string of the molecule is COc1ncnc(OC)c1-c1ncn[nH]1. The van der Waals surface area contributed by atoms with Crippen LogP contribution >= 0.6 is 0 Å². The Balaban J connectivity index is 2.61. The monoisotopic (exact) mass is 207 g/mol. The predicted octanol–water partition coefficient (Wildman–Crippen LogP) is 0.279. The van der Waals surface area contributed by atoms with Crippen molar-refractivity contribution >= 4 is 0 Å². The fourth-order valence-electron chi connectivity index (χ4n) is 1.19. The van der Waals surface area contributed by atoms with Gasteiger partial charge in [-0.1, -0.05) is 0 Å². The third-order valence-corrected chi connectivity index (χ3v) is 1.82. The van der Waals surface area contributed by atoms with Gasteiger partial charge in [0.2, 0.25) is 11.8 Å². The number of hydrogen-bond acceptors (Lipinski definition) is 6. The summed E-state index contributed by atoms with van der Waals surface area (Å²) >= 11 is 0. The van der Waals surface area contributed by atoms with E-state index in [9.17, 15) is 0 Å². The number of hydrogen-bond donors (Lipinski definition) is 1. The molecule has 2 heterocycles. The van der Waals surface area contributed by atoms with E-state index in [4.69, 9.17) is 9.47 Å². The molecule has 0 bridgehead atoms. The van der Waals surface area contributed by atoms with Gasteiger partial charge >= 0.3 is 0 Å². The first kappa shape index (κ1) is 9.38. The van der Waals surface area contributed by atoms with Crippen LogP contribution in [0.5, 0.6) is 11.8 Å². The number of aromatic amines is 1. The molecule has 2 rings (SSSR count). The molecule has 0 fully saturated rings. The second kappa shape index (κ2) is 3.91. The van der Waals surface area contributed by atoms with Gasteiger partial charge in [0, 0.05) is 0 Å². The standard InChI is InChI=1S/C8H9N5O2/c1-14-7-5(6-9-4-12-13-6)8(15-2)11-3-10-7/h3-4H,1-2H3,(H,9,12,13). The molecule has 0 unspecified atom stereocenters. The van der Waals surface area contributed by atoms with Crippen LogP contribution in [-0.2, 0) is 0 Å². The van der Waals surface area contributed by atoms with Gasteiger partial charge < -0.3 is 9.47 Å². The molecular weight excluding hydrogens is 198 g/mol. The van der Waals surface area contributed by atoms with E-state index in [0.29, 0.717) is 23.1 Å². The van der Waals surface area contributed by atoms with Gasteiger partial charge in [0.25, 0.3) is 0 Å². The summed E-state index contributed by atoms with van der Waals surface area (Å²) in [6.45, 7) is 0. The van der Waals surface area contributed by atoms with E-state index in [0.717, 1.165) is 0 Å². The number of nitrogens with one attached hydrogen (secondary N) is 1. The minimum absolute atomic E-state index is 0.388. The Kier molecular flexibility index (Phi) is 2.44. The number of nitrogens with zero attached hydrogens (tertiary/aromatic N) is 4. The van der Waals surface area contributed by atoms with E-state index in [1.165, 1.54) is 26.9 Å². The zero-order valence-electron chi connectivity index (χ0n) is 8.26. The smallest absolute Gasteiger partial charge is 0.231 e. The van der Waals surface area contributed by atoms with Crippen molar-refractivity contribution in [3.05, 3.63) is 12.7 Å². The lowest BCUT2D eigenvalue weighted by atomic mass is 10.3. The lowest BCUT2D eigenvalue weighted by Crippen LogP contribution is -1.98. The van der Waals surface area contributed by atoms with E-state index in [1.54, 1.807) is 0 Å². The van der Waals surface area contributed by atoms with Crippen LogP contribution in [0, 0.1) is 0 Å². The Bertz CT molecular complexity index is 420. The van der Waals surface area contributed by atoms with Gasteiger partial charge in [-0.05, 0) is 0 Å². The molecule has 0 aliphatic heterocycles. The second-order valence-corrected chi connectivity index (χ2v) is 2.60. The highest BCUT2D eigenvalue weighted by Crippen LogP contribution is 2.31. The maximum absolute atomic E-state index is 5.09. The third kappa shape index (κ3) is 1.58. The molecule has 0 saturated heterocycles. The molecule has 2 aromatic rings. The third-order valence-electron chi connectivity index (χ3n) is 1.82. The molecule has 7 nitrogen and oxygen atoms in total. The summed E-state index contributed by atoms with van der Waals surface area (Å²) in [6.07, 6.45) is 2.75. The van der Waals surface area contributed by atoms with Gasteiger partial charge in [-0.15, -0.1) is 0 Å². The Labute approximate surface area is 85.5 Å². The summed E-state index contributed by atoms with van der Waals surface area (Å²) in [5.74, 6) is 1.28. The van der Waals surface area contributed by atoms with E-state index >= 15 is 0 Å². The largest absolute Gasteiger partial charge is 0.480 e. The predicted molar refractivity (Wildman–Crippen MR) is 50.5 cm³/mol. The van der Waals surface area contributed by atoms with Crippen LogP contribution in [0.4, 0.5) is 0 Å². The maximum atomic E-state index is 5.09. The summed E-state index contributed by atoms with van der Waals surface area (Å²) in [4.78, 5) is 11.9. The molecule has 7 heteroatoms. The Morgan fingerprint density at radius 2 is 1.67 bits per heavy atom. The van der Waals surface area contributed by atoms with Crippen molar-refractivity contribution < 1.29 is 9.47 Å². The van der Waals surface area contributed by atoms with Gasteiger partial charge in [-0.3, -0.25) is 5.10 Å². The molecule has 0 spiro atoms. The van der Waals surface area contributed by atoms with Crippen LogP contribution in [0.25, 0.3) is 11.4 Å². The van der Waals surface area contributed by atoms with E-state index < -0.39 is 0 Å². The van der Waals surface area contributed by atoms with Crippen LogP contribution in [0.3, 0.4) is 0 Å². The zero-order chi connectivity index (χ0) is 10.7. The molecule has 0 aliphatic rings. The molecule has 2 aromatic heterocycles. The van der Waals surface area contributed by atoms with Crippen LogP contribution in [-0.4, -0.2) is 39.4 Å². The van der Waals surface area contributed by atoms with Crippen molar-refractivity contribution in [3.63, 3.8) is 0 Å². The first-order chi connectivity index (χ1) is 7.36. The number of rotatable bonds is 3. The average molecular weight is 207 g/mol. The van der Waals surface area contributed by atoms with Gasteiger partial charge in [0.15, 0.2) is 5.82 Å². The minimum atomic E-state index is 0.388. The van der Waals surface area contributed by atoms with Crippen molar-refractivity contribution in [1.29, 1.82) is 0 Å². The van der Waals surface area contributed by atoms with E-state index in [-0.39, 0.29) is 0 Å². The molecule has 0 aromatic carbocycles. The normalized spacial score (nSPS) is 10.0. The fourth-order valence-corrected chi connectivity index (χ4v) is 1.19. The van der Waals surface area contributed by atoms with Crippen molar-refractivity contribution in [2.24, 2.45) is 0 Å². The van der Waals surface area contributed by atoms with E-state index in [1.807, 2.05) is 0 Å². The van der Waals surface area contributed by atoms with Crippen molar-refractivity contribution in [1.82, 2.24) is 25.1 Å². The molecule has 0 amide bonds. The highest BCUT2D eigenvalue weighted by atomic mass is 16.5. The molecule has 0 aliphatic carbocycles. The number of ether oxygens (including phenoxy) is 2. The number of aromatic nitrogens is 5. The highest BCUT2D eigenvalue weighted by Gasteiger charge is 2.17. The molecule has 0 radical (unpaired) electrons. The summed E-state index contributed by atoms with van der Waals surface area (Å²) < 4.78 is 10.2. The van der Waals surface area contributed by atoms with Crippen LogP contribution in [0.2, 0.25) is 0 Å². The van der Waals surface area contributed by atoms with Gasteiger partial charge in [0.1, 0.15) is 18.2 Å².